The Morgan fingerprint density at radius 3 is 2.65 bits per heavy atom. The Balaban J connectivity index is 1.79. The molecule has 0 aromatic heterocycles. The highest BCUT2D eigenvalue weighted by Gasteiger charge is 2.13. The maximum atomic E-state index is 10.5. The first-order valence-electron chi connectivity index (χ1n) is 6.90. The van der Waals surface area contributed by atoms with Gasteiger partial charge in [-0.05, 0) is 42.0 Å². The molecule has 1 heterocycles. The lowest BCUT2D eigenvalue weighted by molar-refractivity contribution is -0.131. The van der Waals surface area contributed by atoms with E-state index in [1.54, 1.807) is 6.07 Å². The molecule has 2 aromatic carbocycles. The van der Waals surface area contributed by atoms with Gasteiger partial charge in [0.25, 0.3) is 0 Å². The minimum atomic E-state index is -0.990. The summed E-state index contributed by atoms with van der Waals surface area (Å²) in [5, 5.41) is 9.21. The van der Waals surface area contributed by atoms with E-state index < -0.39 is 5.97 Å². The van der Waals surface area contributed by atoms with Crippen molar-refractivity contribution in [1.82, 2.24) is 0 Å². The normalized spacial score (nSPS) is 13.3. The predicted octanol–water partition coefficient (Wildman–Crippen LogP) is 4.36. The van der Waals surface area contributed by atoms with Crippen LogP contribution < -0.4 is 9.47 Å². The average Bonchev–Trinajstić information content (AvgIpc) is 2.55. The van der Waals surface area contributed by atoms with Crippen molar-refractivity contribution in [2.75, 3.05) is 13.2 Å². The second kappa shape index (κ2) is 6.98. The third-order valence-corrected chi connectivity index (χ3v) is 4.61. The first kappa shape index (κ1) is 15.8. The molecule has 0 atom stereocenters. The lowest BCUT2D eigenvalue weighted by Gasteiger charge is -2.18. The van der Waals surface area contributed by atoms with Gasteiger partial charge in [0.2, 0.25) is 0 Å². The van der Waals surface area contributed by atoms with Gasteiger partial charge >= 0.3 is 5.97 Å². The SMILES string of the molecule is O=C(O)/C=C/c1ccc(Sc2ccc3c(c2)OCCO3)c(Cl)c1. The smallest absolute Gasteiger partial charge is 0.328 e. The number of aliphatic carboxylic acids is 1. The molecule has 0 unspecified atom stereocenters. The van der Waals surface area contributed by atoms with Crippen molar-refractivity contribution in [3.05, 3.63) is 53.1 Å². The van der Waals surface area contributed by atoms with Gasteiger partial charge in [-0.15, -0.1) is 0 Å². The van der Waals surface area contributed by atoms with Gasteiger partial charge in [-0.2, -0.15) is 0 Å². The molecule has 23 heavy (non-hydrogen) atoms. The zero-order valence-corrected chi connectivity index (χ0v) is 13.6. The van der Waals surface area contributed by atoms with E-state index in [9.17, 15) is 4.79 Å². The Kier molecular flexibility index (Phi) is 4.79. The third kappa shape index (κ3) is 4.00. The molecule has 0 radical (unpaired) electrons. The number of benzene rings is 2. The number of halogens is 1. The van der Waals surface area contributed by atoms with Crippen molar-refractivity contribution in [3.8, 4) is 11.5 Å². The Morgan fingerprint density at radius 2 is 1.91 bits per heavy atom. The van der Waals surface area contributed by atoms with Crippen LogP contribution in [-0.4, -0.2) is 24.3 Å². The standard InChI is InChI=1S/C17H13ClO4S/c18-13-9-11(2-6-17(19)20)1-5-16(13)23-12-3-4-14-15(10-12)22-8-7-21-14/h1-6,9-10H,7-8H2,(H,19,20)/b6-2+. The van der Waals surface area contributed by atoms with Gasteiger partial charge in [0, 0.05) is 15.9 Å². The van der Waals surface area contributed by atoms with Crippen molar-refractivity contribution in [2.24, 2.45) is 0 Å². The van der Waals surface area contributed by atoms with E-state index in [0.717, 1.165) is 32.9 Å². The fraction of sp³-hybridized carbons (Fsp3) is 0.118. The van der Waals surface area contributed by atoms with Crippen LogP contribution in [0.4, 0.5) is 0 Å². The number of fused-ring (bicyclic) bond motifs is 1. The summed E-state index contributed by atoms with van der Waals surface area (Å²) < 4.78 is 11.1. The summed E-state index contributed by atoms with van der Waals surface area (Å²) in [7, 11) is 0. The third-order valence-electron chi connectivity index (χ3n) is 3.12. The van der Waals surface area contributed by atoms with E-state index in [4.69, 9.17) is 26.2 Å². The second-order valence-corrected chi connectivity index (χ2v) is 6.29. The lowest BCUT2D eigenvalue weighted by Crippen LogP contribution is -2.15. The van der Waals surface area contributed by atoms with Crippen LogP contribution in [-0.2, 0) is 4.79 Å². The fourth-order valence-electron chi connectivity index (χ4n) is 2.09. The number of carboxylic acids is 1. The molecule has 4 nitrogen and oxygen atoms in total. The minimum Gasteiger partial charge on any atom is -0.486 e. The Hall–Kier alpha value is -2.11. The second-order valence-electron chi connectivity index (χ2n) is 4.77. The first-order chi connectivity index (χ1) is 11.1. The van der Waals surface area contributed by atoms with Crippen LogP contribution in [0.2, 0.25) is 5.02 Å². The summed E-state index contributed by atoms with van der Waals surface area (Å²) in [4.78, 5) is 12.4. The molecule has 118 valence electrons. The van der Waals surface area contributed by atoms with Crippen molar-refractivity contribution in [1.29, 1.82) is 0 Å². The highest BCUT2D eigenvalue weighted by Crippen LogP contribution is 2.39. The van der Waals surface area contributed by atoms with E-state index in [0.29, 0.717) is 18.2 Å². The monoisotopic (exact) mass is 348 g/mol. The largest absolute Gasteiger partial charge is 0.486 e. The molecular weight excluding hydrogens is 336 g/mol. The lowest BCUT2D eigenvalue weighted by atomic mass is 10.2. The maximum Gasteiger partial charge on any atom is 0.328 e. The molecular formula is C17H13ClO4S. The molecule has 1 aliphatic heterocycles. The van der Waals surface area contributed by atoms with Gasteiger partial charge in [0.1, 0.15) is 13.2 Å². The van der Waals surface area contributed by atoms with E-state index in [-0.39, 0.29) is 0 Å². The average molecular weight is 349 g/mol. The molecule has 1 aliphatic rings. The van der Waals surface area contributed by atoms with E-state index in [2.05, 4.69) is 0 Å². The predicted molar refractivity (Wildman–Crippen MR) is 89.7 cm³/mol. The molecule has 0 aliphatic carbocycles. The molecule has 0 saturated heterocycles. The van der Waals surface area contributed by atoms with Crippen LogP contribution in [0.5, 0.6) is 11.5 Å². The van der Waals surface area contributed by atoms with Crippen molar-refractivity contribution in [2.45, 2.75) is 9.79 Å². The van der Waals surface area contributed by atoms with Crippen LogP contribution in [0.15, 0.2) is 52.3 Å². The Morgan fingerprint density at radius 1 is 1.13 bits per heavy atom. The number of hydrogen-bond donors (Lipinski definition) is 1. The first-order valence-corrected chi connectivity index (χ1v) is 8.09. The molecule has 1 N–H and O–H groups in total. The number of carbonyl (C=O) groups is 1. The minimum absolute atomic E-state index is 0.548. The van der Waals surface area contributed by atoms with Crippen LogP contribution in [0, 0.1) is 0 Å². The van der Waals surface area contributed by atoms with E-state index in [1.807, 2.05) is 30.3 Å². The zero-order valence-electron chi connectivity index (χ0n) is 12.0. The van der Waals surface area contributed by atoms with Crippen molar-refractivity contribution < 1.29 is 19.4 Å². The van der Waals surface area contributed by atoms with E-state index >= 15 is 0 Å². The molecule has 6 heteroatoms. The molecule has 0 saturated carbocycles. The summed E-state index contributed by atoms with van der Waals surface area (Å²) in [6.45, 7) is 1.11. The van der Waals surface area contributed by atoms with Gasteiger partial charge in [-0.3, -0.25) is 0 Å². The summed E-state index contributed by atoms with van der Waals surface area (Å²) in [6.07, 6.45) is 2.59. The number of ether oxygens (including phenoxy) is 2. The number of rotatable bonds is 4. The van der Waals surface area contributed by atoms with Crippen molar-refractivity contribution >= 4 is 35.4 Å². The van der Waals surface area contributed by atoms with Crippen LogP contribution in [0.3, 0.4) is 0 Å². The maximum absolute atomic E-state index is 10.5. The summed E-state index contributed by atoms with van der Waals surface area (Å²) in [5.74, 6) is 0.495. The highest BCUT2D eigenvalue weighted by molar-refractivity contribution is 7.99. The molecule has 0 amide bonds. The van der Waals surface area contributed by atoms with Gasteiger partial charge in [0.05, 0.1) is 5.02 Å². The van der Waals surface area contributed by atoms with Gasteiger partial charge in [-0.25, -0.2) is 4.79 Å². The van der Waals surface area contributed by atoms with Crippen molar-refractivity contribution in [3.63, 3.8) is 0 Å². The fourth-order valence-corrected chi connectivity index (χ4v) is 3.24. The molecule has 3 rings (SSSR count). The van der Waals surface area contributed by atoms with Crippen LogP contribution >= 0.6 is 23.4 Å². The Labute approximate surface area is 142 Å². The summed E-state index contributed by atoms with van der Waals surface area (Å²) >= 11 is 7.79. The zero-order chi connectivity index (χ0) is 16.2. The quantitative estimate of drug-likeness (QED) is 0.832. The van der Waals surface area contributed by atoms with Gasteiger partial charge in [0.15, 0.2) is 11.5 Å². The molecule has 0 bridgehead atoms. The van der Waals surface area contributed by atoms with Gasteiger partial charge < -0.3 is 14.6 Å². The number of hydrogen-bond acceptors (Lipinski definition) is 4. The topological polar surface area (TPSA) is 55.8 Å². The molecule has 0 spiro atoms. The van der Waals surface area contributed by atoms with Crippen LogP contribution in [0.1, 0.15) is 5.56 Å². The van der Waals surface area contributed by atoms with Crippen LogP contribution in [0.25, 0.3) is 6.08 Å². The summed E-state index contributed by atoms with van der Waals surface area (Å²) in [5.41, 5.74) is 0.740. The summed E-state index contributed by atoms with van der Waals surface area (Å²) in [6, 6.07) is 11.2. The molecule has 2 aromatic rings. The van der Waals surface area contributed by atoms with Gasteiger partial charge in [-0.1, -0.05) is 29.4 Å². The van der Waals surface area contributed by atoms with E-state index in [1.165, 1.54) is 17.8 Å². The number of carboxylic acid groups (broad SMARTS) is 1. The molecule has 0 fully saturated rings. The Bertz CT molecular complexity index is 773. The highest BCUT2D eigenvalue weighted by atomic mass is 35.5.